The summed E-state index contributed by atoms with van der Waals surface area (Å²) in [7, 11) is 1.58. The lowest BCUT2D eigenvalue weighted by Crippen LogP contribution is -2.24. The fourth-order valence-corrected chi connectivity index (χ4v) is 4.67. The zero-order chi connectivity index (χ0) is 26.7. The summed E-state index contributed by atoms with van der Waals surface area (Å²) in [5.41, 5.74) is 3.81. The monoisotopic (exact) mass is 533 g/mol. The van der Waals surface area contributed by atoms with Crippen LogP contribution in [0.25, 0.3) is 11.0 Å². The topological polar surface area (TPSA) is 65.4 Å². The summed E-state index contributed by atoms with van der Waals surface area (Å²) < 4.78 is 13.6. The number of ether oxygens (including phenoxy) is 2. The van der Waals surface area contributed by atoms with E-state index in [2.05, 4.69) is 28.1 Å². The van der Waals surface area contributed by atoms with E-state index in [4.69, 9.17) is 26.1 Å². The van der Waals surface area contributed by atoms with Crippen LogP contribution in [0.5, 0.6) is 11.5 Å². The van der Waals surface area contributed by atoms with Crippen molar-refractivity contribution in [3.05, 3.63) is 88.7 Å². The SMILES string of the molecule is COc1ccccc1C(=O)NCCCCCc1nc2ccccc2n1CCCCOc1ccc(Cl)c(C)c1. The summed E-state index contributed by atoms with van der Waals surface area (Å²) in [6.45, 7) is 4.21. The number of para-hydroxylation sites is 3. The second kappa shape index (κ2) is 13.9. The van der Waals surface area contributed by atoms with Crippen molar-refractivity contribution in [2.45, 2.75) is 52.0 Å². The highest BCUT2D eigenvalue weighted by Crippen LogP contribution is 2.22. The Kier molecular flexibility index (Phi) is 10.0. The van der Waals surface area contributed by atoms with E-state index in [1.807, 2.05) is 43.3 Å². The maximum absolute atomic E-state index is 12.5. The van der Waals surface area contributed by atoms with Gasteiger partial charge in [-0.25, -0.2) is 4.98 Å². The Morgan fingerprint density at radius 1 is 0.974 bits per heavy atom. The number of rotatable bonds is 14. The first kappa shape index (κ1) is 27.5. The van der Waals surface area contributed by atoms with E-state index in [1.54, 1.807) is 19.2 Å². The van der Waals surface area contributed by atoms with Crippen molar-refractivity contribution < 1.29 is 14.3 Å². The molecule has 200 valence electrons. The Balaban J connectivity index is 1.22. The molecule has 0 aliphatic carbocycles. The number of fused-ring (bicyclic) bond motifs is 1. The van der Waals surface area contributed by atoms with Crippen LogP contribution >= 0.6 is 11.6 Å². The minimum Gasteiger partial charge on any atom is -0.496 e. The van der Waals surface area contributed by atoms with E-state index in [9.17, 15) is 4.79 Å². The first-order chi connectivity index (χ1) is 18.6. The van der Waals surface area contributed by atoms with Crippen LogP contribution in [0, 0.1) is 6.92 Å². The third-order valence-electron chi connectivity index (χ3n) is 6.62. The highest BCUT2D eigenvalue weighted by atomic mass is 35.5. The highest BCUT2D eigenvalue weighted by molar-refractivity contribution is 6.31. The molecule has 0 unspecified atom stereocenters. The zero-order valence-corrected chi connectivity index (χ0v) is 23.0. The van der Waals surface area contributed by atoms with Gasteiger partial charge in [-0.1, -0.05) is 42.3 Å². The van der Waals surface area contributed by atoms with Gasteiger partial charge in [0.2, 0.25) is 0 Å². The van der Waals surface area contributed by atoms with Gasteiger partial charge in [-0.3, -0.25) is 4.79 Å². The number of carbonyl (C=O) groups is 1. The number of halogens is 1. The lowest BCUT2D eigenvalue weighted by atomic mass is 10.1. The van der Waals surface area contributed by atoms with Crippen LogP contribution in [0.3, 0.4) is 0 Å². The molecule has 0 bridgehead atoms. The lowest BCUT2D eigenvalue weighted by Gasteiger charge is -2.11. The smallest absolute Gasteiger partial charge is 0.255 e. The van der Waals surface area contributed by atoms with E-state index in [0.29, 0.717) is 24.5 Å². The fourth-order valence-electron chi connectivity index (χ4n) is 4.55. The molecular formula is C31H36ClN3O3. The van der Waals surface area contributed by atoms with Crippen molar-refractivity contribution in [3.8, 4) is 11.5 Å². The first-order valence-electron chi connectivity index (χ1n) is 13.3. The number of amides is 1. The molecule has 4 rings (SSSR count). The van der Waals surface area contributed by atoms with Crippen molar-refractivity contribution in [3.63, 3.8) is 0 Å². The molecule has 1 amide bonds. The Morgan fingerprint density at radius 3 is 2.63 bits per heavy atom. The van der Waals surface area contributed by atoms with Crippen LogP contribution in [-0.4, -0.2) is 35.7 Å². The van der Waals surface area contributed by atoms with Crippen molar-refractivity contribution in [2.75, 3.05) is 20.3 Å². The zero-order valence-electron chi connectivity index (χ0n) is 22.2. The van der Waals surface area contributed by atoms with Crippen molar-refractivity contribution in [1.29, 1.82) is 0 Å². The fraction of sp³-hybridized carbons (Fsp3) is 0.355. The Morgan fingerprint density at radius 2 is 1.79 bits per heavy atom. The molecule has 6 nitrogen and oxygen atoms in total. The maximum atomic E-state index is 12.5. The quantitative estimate of drug-likeness (QED) is 0.177. The Bertz CT molecular complexity index is 1350. The maximum Gasteiger partial charge on any atom is 0.255 e. The van der Waals surface area contributed by atoms with Gasteiger partial charge < -0.3 is 19.4 Å². The molecule has 0 saturated carbocycles. The van der Waals surface area contributed by atoms with E-state index >= 15 is 0 Å². The number of aromatic nitrogens is 2. The van der Waals surface area contributed by atoms with Gasteiger partial charge in [-0.05, 0) is 80.6 Å². The van der Waals surface area contributed by atoms with Gasteiger partial charge in [0.15, 0.2) is 0 Å². The summed E-state index contributed by atoms with van der Waals surface area (Å²) in [6, 6.07) is 21.4. The minimum atomic E-state index is -0.0978. The lowest BCUT2D eigenvalue weighted by molar-refractivity contribution is 0.0950. The normalized spacial score (nSPS) is 11.0. The number of unbranched alkanes of at least 4 members (excludes halogenated alkanes) is 3. The van der Waals surface area contributed by atoms with Crippen LogP contribution in [0.15, 0.2) is 66.7 Å². The number of nitrogens with one attached hydrogen (secondary N) is 1. The van der Waals surface area contributed by atoms with Crippen LogP contribution in [0.1, 0.15) is 53.8 Å². The number of aryl methyl sites for hydroxylation is 3. The predicted molar refractivity (Wildman–Crippen MR) is 154 cm³/mol. The molecule has 0 atom stereocenters. The average Bonchev–Trinajstić information content (AvgIpc) is 3.29. The first-order valence-corrected chi connectivity index (χ1v) is 13.7. The highest BCUT2D eigenvalue weighted by Gasteiger charge is 2.12. The molecule has 0 aliphatic rings. The second-order valence-electron chi connectivity index (χ2n) is 9.40. The molecule has 0 spiro atoms. The molecule has 0 radical (unpaired) electrons. The second-order valence-corrected chi connectivity index (χ2v) is 9.81. The van der Waals surface area contributed by atoms with Crippen LogP contribution in [-0.2, 0) is 13.0 Å². The number of hydrogen-bond donors (Lipinski definition) is 1. The van der Waals surface area contributed by atoms with E-state index in [0.717, 1.165) is 72.7 Å². The molecule has 1 heterocycles. The molecule has 0 fully saturated rings. The number of methoxy groups -OCH3 is 1. The third-order valence-corrected chi connectivity index (χ3v) is 7.05. The van der Waals surface area contributed by atoms with Crippen molar-refractivity contribution in [1.82, 2.24) is 14.9 Å². The summed E-state index contributed by atoms with van der Waals surface area (Å²) in [6.07, 6.45) is 5.84. The van der Waals surface area contributed by atoms with Crippen molar-refractivity contribution in [2.24, 2.45) is 0 Å². The Labute approximate surface area is 229 Å². The Hall–Kier alpha value is -3.51. The van der Waals surface area contributed by atoms with E-state index in [-0.39, 0.29) is 5.91 Å². The largest absolute Gasteiger partial charge is 0.496 e. The average molecular weight is 534 g/mol. The van der Waals surface area contributed by atoms with Gasteiger partial charge in [0.25, 0.3) is 5.91 Å². The molecule has 4 aromatic rings. The van der Waals surface area contributed by atoms with Crippen LogP contribution < -0.4 is 14.8 Å². The van der Waals surface area contributed by atoms with Gasteiger partial charge >= 0.3 is 0 Å². The summed E-state index contributed by atoms with van der Waals surface area (Å²) in [5, 5.41) is 3.76. The number of hydrogen-bond acceptors (Lipinski definition) is 4. The third kappa shape index (κ3) is 7.29. The molecule has 7 heteroatoms. The molecule has 3 aromatic carbocycles. The number of carbonyl (C=O) groups excluding carboxylic acids is 1. The van der Waals surface area contributed by atoms with Gasteiger partial charge in [0.1, 0.15) is 17.3 Å². The number of imidazole rings is 1. The minimum absolute atomic E-state index is 0.0978. The van der Waals surface area contributed by atoms with E-state index in [1.165, 1.54) is 5.52 Å². The molecule has 1 aromatic heterocycles. The van der Waals surface area contributed by atoms with Crippen molar-refractivity contribution >= 4 is 28.5 Å². The predicted octanol–water partition coefficient (Wildman–Crippen LogP) is 7.01. The molecule has 1 N–H and O–H groups in total. The molecule has 38 heavy (non-hydrogen) atoms. The summed E-state index contributed by atoms with van der Waals surface area (Å²) >= 11 is 6.11. The van der Waals surface area contributed by atoms with Gasteiger partial charge in [0, 0.05) is 24.5 Å². The van der Waals surface area contributed by atoms with Gasteiger partial charge in [-0.15, -0.1) is 0 Å². The standard InChI is InChI=1S/C31H36ClN3O3/c1-23-22-24(17-18-26(23)32)38-21-11-10-20-35-28-14-7-6-13-27(28)34-30(35)16-4-3-9-19-33-31(36)25-12-5-8-15-29(25)37-2/h5-8,12-15,17-18,22H,3-4,9-11,16,19-21H2,1-2H3,(H,33,36). The molecule has 0 aliphatic heterocycles. The van der Waals surface area contributed by atoms with E-state index < -0.39 is 0 Å². The van der Waals surface area contributed by atoms with Gasteiger partial charge in [-0.2, -0.15) is 0 Å². The molecular weight excluding hydrogens is 498 g/mol. The summed E-state index contributed by atoms with van der Waals surface area (Å²) in [5.74, 6) is 2.48. The van der Waals surface area contributed by atoms with Crippen LogP contribution in [0.2, 0.25) is 5.02 Å². The number of nitrogens with zero attached hydrogens (tertiary/aromatic N) is 2. The molecule has 0 saturated heterocycles. The van der Waals surface area contributed by atoms with Gasteiger partial charge in [0.05, 0.1) is 30.3 Å². The number of benzene rings is 3. The summed E-state index contributed by atoms with van der Waals surface area (Å²) in [4.78, 5) is 17.4. The van der Waals surface area contributed by atoms with Crippen LogP contribution in [0.4, 0.5) is 0 Å².